The van der Waals surface area contributed by atoms with Gasteiger partial charge in [-0.15, -0.1) is 0 Å². The predicted molar refractivity (Wildman–Crippen MR) is 75.9 cm³/mol. The van der Waals surface area contributed by atoms with E-state index in [2.05, 4.69) is 0 Å². The summed E-state index contributed by atoms with van der Waals surface area (Å²) in [6.07, 6.45) is -1.53. The Morgan fingerprint density at radius 1 is 1.00 bits per heavy atom. The molecule has 0 amide bonds. The van der Waals surface area contributed by atoms with E-state index in [1.54, 1.807) is 14.2 Å². The number of nitrogens with zero attached hydrogens (tertiary/aromatic N) is 1. The van der Waals surface area contributed by atoms with Gasteiger partial charge in [-0.05, 0) is 25.1 Å². The van der Waals surface area contributed by atoms with Gasteiger partial charge in [-0.25, -0.2) is 0 Å². The van der Waals surface area contributed by atoms with Crippen LogP contribution in [0.1, 0.15) is 18.5 Å². The van der Waals surface area contributed by atoms with E-state index < -0.39 is 12.2 Å². The Hall–Kier alpha value is -1.30. The van der Waals surface area contributed by atoms with Crippen LogP contribution in [0.2, 0.25) is 0 Å². The Balaban J connectivity index is 2.45. The van der Waals surface area contributed by atoms with Crippen molar-refractivity contribution >= 4 is 0 Å². The molecule has 1 aromatic carbocycles. The molecule has 1 aliphatic rings. The number of rotatable bonds is 3. The molecule has 5 heteroatoms. The lowest BCUT2D eigenvalue weighted by atomic mass is 10.00. The normalized spacial score (nSPS) is 32.1. The molecule has 1 aromatic rings. The van der Waals surface area contributed by atoms with E-state index in [4.69, 9.17) is 9.47 Å². The lowest BCUT2D eigenvalue weighted by Gasteiger charge is -2.36. The van der Waals surface area contributed by atoms with Crippen molar-refractivity contribution in [1.82, 2.24) is 0 Å². The molecular formula is C15H24NO4+. The first-order chi connectivity index (χ1) is 9.34. The van der Waals surface area contributed by atoms with Gasteiger partial charge in [0.1, 0.15) is 24.3 Å². The van der Waals surface area contributed by atoms with Crippen molar-refractivity contribution in [2.24, 2.45) is 0 Å². The molecule has 112 valence electrons. The molecule has 1 saturated heterocycles. The van der Waals surface area contributed by atoms with E-state index in [0.717, 1.165) is 5.56 Å². The number of likely N-dealkylation sites (N-methyl/N-ethyl adjacent to an activating group) is 1. The third-order valence-electron chi connectivity index (χ3n) is 4.68. The quantitative estimate of drug-likeness (QED) is 0.810. The minimum atomic E-state index is -0.793. The van der Waals surface area contributed by atoms with Crippen LogP contribution in [-0.2, 0) is 0 Å². The maximum atomic E-state index is 10.4. The van der Waals surface area contributed by atoms with Gasteiger partial charge in [-0.2, -0.15) is 0 Å². The second kappa shape index (κ2) is 5.24. The molecule has 0 saturated carbocycles. The summed E-state index contributed by atoms with van der Waals surface area (Å²) < 4.78 is 11.1. The first-order valence-electron chi connectivity index (χ1n) is 6.76. The number of aliphatic hydroxyl groups excluding tert-OH is 2. The number of ether oxygens (including phenoxy) is 2. The number of hydrogen-bond acceptors (Lipinski definition) is 4. The fourth-order valence-electron chi connectivity index (χ4n) is 3.13. The van der Waals surface area contributed by atoms with Gasteiger partial charge >= 0.3 is 0 Å². The molecule has 1 aliphatic heterocycles. The van der Waals surface area contributed by atoms with Crippen LogP contribution in [0, 0.1) is 0 Å². The molecule has 0 aliphatic carbocycles. The van der Waals surface area contributed by atoms with Gasteiger partial charge in [-0.1, -0.05) is 0 Å². The fourth-order valence-corrected chi connectivity index (χ4v) is 3.13. The molecule has 4 atom stereocenters. The number of likely N-dealkylation sites (tertiary alicyclic amines) is 1. The van der Waals surface area contributed by atoms with Crippen molar-refractivity contribution in [1.29, 1.82) is 0 Å². The van der Waals surface area contributed by atoms with Crippen molar-refractivity contribution < 1.29 is 24.2 Å². The van der Waals surface area contributed by atoms with E-state index in [1.165, 1.54) is 0 Å². The van der Waals surface area contributed by atoms with E-state index in [-0.39, 0.29) is 12.1 Å². The minimum Gasteiger partial charge on any atom is -0.493 e. The van der Waals surface area contributed by atoms with Gasteiger partial charge in [0.25, 0.3) is 0 Å². The van der Waals surface area contributed by atoms with Crippen LogP contribution in [0.5, 0.6) is 11.5 Å². The highest BCUT2D eigenvalue weighted by molar-refractivity contribution is 5.44. The zero-order chi connectivity index (χ0) is 15.1. The standard InChI is InChI=1S/C15H24NO4/c1-9-14(17)15(18)13(16(9,2)3)10-6-7-11(19-4)12(8-10)20-5/h6-9,13-15,17-18H,1-5H3/q+1/t9-,13-,14-,15-/m0/s1. The molecule has 2 rings (SSSR count). The molecule has 0 spiro atoms. The molecule has 20 heavy (non-hydrogen) atoms. The summed E-state index contributed by atoms with van der Waals surface area (Å²) >= 11 is 0. The zero-order valence-corrected chi connectivity index (χ0v) is 12.7. The van der Waals surface area contributed by atoms with E-state index in [1.807, 2.05) is 39.2 Å². The van der Waals surface area contributed by atoms with Crippen molar-refractivity contribution in [3.05, 3.63) is 23.8 Å². The number of hydrogen-bond donors (Lipinski definition) is 2. The second-order valence-electron chi connectivity index (χ2n) is 5.91. The smallest absolute Gasteiger partial charge is 0.161 e. The summed E-state index contributed by atoms with van der Waals surface area (Å²) in [6.45, 7) is 1.95. The van der Waals surface area contributed by atoms with Crippen LogP contribution in [0.25, 0.3) is 0 Å². The van der Waals surface area contributed by atoms with Gasteiger partial charge in [0.05, 0.1) is 28.3 Å². The van der Waals surface area contributed by atoms with Crippen LogP contribution >= 0.6 is 0 Å². The van der Waals surface area contributed by atoms with E-state index in [0.29, 0.717) is 16.0 Å². The van der Waals surface area contributed by atoms with Gasteiger partial charge in [0, 0.05) is 5.56 Å². The monoisotopic (exact) mass is 282 g/mol. The van der Waals surface area contributed by atoms with Crippen LogP contribution in [-0.4, -0.2) is 61.3 Å². The Bertz CT molecular complexity index is 489. The molecule has 5 nitrogen and oxygen atoms in total. The summed E-state index contributed by atoms with van der Waals surface area (Å²) in [6, 6.07) is 5.39. The maximum absolute atomic E-state index is 10.4. The lowest BCUT2D eigenvalue weighted by molar-refractivity contribution is -0.931. The van der Waals surface area contributed by atoms with Crippen molar-refractivity contribution in [3.8, 4) is 11.5 Å². The summed E-state index contributed by atoms with van der Waals surface area (Å²) in [4.78, 5) is 0. The summed E-state index contributed by atoms with van der Waals surface area (Å²) in [5, 5.41) is 20.5. The highest BCUT2D eigenvalue weighted by atomic mass is 16.5. The predicted octanol–water partition coefficient (Wildman–Crippen LogP) is 0.945. The number of quaternary nitrogens is 1. The summed E-state index contributed by atoms with van der Waals surface area (Å²) in [7, 11) is 7.22. The maximum Gasteiger partial charge on any atom is 0.161 e. The van der Waals surface area contributed by atoms with Crippen molar-refractivity contribution in [3.63, 3.8) is 0 Å². The third kappa shape index (κ3) is 2.16. The van der Waals surface area contributed by atoms with E-state index >= 15 is 0 Å². The summed E-state index contributed by atoms with van der Waals surface area (Å²) in [5.41, 5.74) is 0.934. The van der Waals surface area contributed by atoms with Crippen LogP contribution in [0.15, 0.2) is 18.2 Å². The zero-order valence-electron chi connectivity index (χ0n) is 12.7. The van der Waals surface area contributed by atoms with Gasteiger partial charge in [0.15, 0.2) is 11.5 Å². The molecular weight excluding hydrogens is 258 g/mol. The third-order valence-corrected chi connectivity index (χ3v) is 4.68. The first-order valence-corrected chi connectivity index (χ1v) is 6.76. The number of benzene rings is 1. The molecule has 0 aromatic heterocycles. The molecule has 1 fully saturated rings. The largest absolute Gasteiger partial charge is 0.493 e. The number of methoxy groups -OCH3 is 2. The fraction of sp³-hybridized carbons (Fsp3) is 0.600. The minimum absolute atomic E-state index is 0.0388. The number of aliphatic hydroxyl groups is 2. The second-order valence-corrected chi connectivity index (χ2v) is 5.91. The molecule has 0 unspecified atom stereocenters. The highest BCUT2D eigenvalue weighted by Gasteiger charge is 2.54. The van der Waals surface area contributed by atoms with Crippen molar-refractivity contribution in [2.75, 3.05) is 28.3 Å². The van der Waals surface area contributed by atoms with Crippen LogP contribution in [0.4, 0.5) is 0 Å². The lowest BCUT2D eigenvalue weighted by Crippen LogP contribution is -2.46. The molecule has 0 bridgehead atoms. The van der Waals surface area contributed by atoms with Crippen LogP contribution in [0.3, 0.4) is 0 Å². The highest BCUT2D eigenvalue weighted by Crippen LogP contribution is 2.42. The van der Waals surface area contributed by atoms with E-state index in [9.17, 15) is 10.2 Å². The molecule has 1 heterocycles. The summed E-state index contributed by atoms with van der Waals surface area (Å²) in [5.74, 6) is 1.29. The molecule has 2 N–H and O–H groups in total. The Morgan fingerprint density at radius 2 is 1.60 bits per heavy atom. The first kappa shape index (κ1) is 15.1. The van der Waals surface area contributed by atoms with Crippen molar-refractivity contribution in [2.45, 2.75) is 31.2 Å². The SMILES string of the molecule is COc1ccc([C@H]2[C@H](O)[C@@H](O)[C@H](C)[N+]2(C)C)cc1OC. The average Bonchev–Trinajstić information content (AvgIpc) is 2.58. The Morgan fingerprint density at radius 3 is 2.05 bits per heavy atom. The Labute approximate surface area is 119 Å². The van der Waals surface area contributed by atoms with Gasteiger partial charge in [0.2, 0.25) is 0 Å². The Kier molecular flexibility index (Phi) is 3.95. The molecule has 0 radical (unpaired) electrons. The van der Waals surface area contributed by atoms with Crippen LogP contribution < -0.4 is 9.47 Å². The van der Waals surface area contributed by atoms with Gasteiger partial charge in [-0.3, -0.25) is 0 Å². The topological polar surface area (TPSA) is 58.9 Å². The van der Waals surface area contributed by atoms with Gasteiger partial charge < -0.3 is 24.2 Å². The average molecular weight is 282 g/mol.